The molecule has 1 aliphatic rings. The van der Waals surface area contributed by atoms with Gasteiger partial charge in [-0.05, 0) is 73.2 Å². The Labute approximate surface area is 163 Å². The third-order valence-corrected chi connectivity index (χ3v) is 4.99. The lowest BCUT2D eigenvalue weighted by Gasteiger charge is -2.16. The number of rotatable bonds is 4. The van der Waals surface area contributed by atoms with Crippen molar-refractivity contribution in [3.63, 3.8) is 0 Å². The summed E-state index contributed by atoms with van der Waals surface area (Å²) in [7, 11) is 1.30. The van der Waals surface area contributed by atoms with Crippen LogP contribution in [-0.2, 0) is 17.6 Å². The Bertz CT molecular complexity index is 1020. The van der Waals surface area contributed by atoms with E-state index in [-0.39, 0.29) is 11.3 Å². The van der Waals surface area contributed by atoms with Crippen molar-refractivity contribution in [2.45, 2.75) is 25.7 Å². The van der Waals surface area contributed by atoms with Gasteiger partial charge in [0.25, 0.3) is 0 Å². The van der Waals surface area contributed by atoms with Crippen LogP contribution in [0.3, 0.4) is 0 Å². The Kier molecular flexibility index (Phi) is 4.93. The summed E-state index contributed by atoms with van der Waals surface area (Å²) in [6.07, 6.45) is 4.78. The number of hydrogen-bond donors (Lipinski definition) is 2. The number of aromatic nitrogens is 2. The van der Waals surface area contributed by atoms with Gasteiger partial charge in [-0.2, -0.15) is 0 Å². The first-order valence-electron chi connectivity index (χ1n) is 9.28. The zero-order chi connectivity index (χ0) is 19.5. The van der Waals surface area contributed by atoms with Gasteiger partial charge in [0.15, 0.2) is 5.82 Å². The molecule has 0 radical (unpaired) electrons. The number of carbonyl (C=O) groups is 1. The second kappa shape index (κ2) is 7.68. The van der Waals surface area contributed by atoms with Gasteiger partial charge in [-0.15, -0.1) is 10.2 Å². The molecule has 3 aromatic rings. The van der Waals surface area contributed by atoms with E-state index in [9.17, 15) is 9.90 Å². The third-order valence-electron chi connectivity index (χ3n) is 4.99. The van der Waals surface area contributed by atoms with E-state index in [1.165, 1.54) is 37.1 Å². The highest BCUT2D eigenvalue weighted by molar-refractivity contribution is 5.90. The summed E-state index contributed by atoms with van der Waals surface area (Å²) in [6.45, 7) is 0. The number of nitrogens with one attached hydrogen (secondary N) is 1. The fourth-order valence-electron chi connectivity index (χ4n) is 3.47. The number of methoxy groups -OCH3 is 1. The third kappa shape index (κ3) is 3.67. The molecule has 2 N–H and O–H groups in total. The number of fused-ring (bicyclic) bond motifs is 1. The van der Waals surface area contributed by atoms with Gasteiger partial charge in [0, 0.05) is 5.56 Å². The molecule has 0 fully saturated rings. The molecule has 2 aromatic carbocycles. The maximum absolute atomic E-state index is 11.5. The number of benzene rings is 2. The van der Waals surface area contributed by atoms with Gasteiger partial charge in [0.05, 0.1) is 24.1 Å². The molecule has 4 rings (SSSR count). The first-order valence-corrected chi connectivity index (χ1v) is 9.28. The van der Waals surface area contributed by atoms with Crippen LogP contribution in [0.1, 0.15) is 34.3 Å². The highest BCUT2D eigenvalue weighted by Crippen LogP contribution is 2.29. The monoisotopic (exact) mass is 375 g/mol. The molecule has 0 bridgehead atoms. The molecule has 0 amide bonds. The lowest BCUT2D eigenvalue weighted by atomic mass is 9.90. The van der Waals surface area contributed by atoms with Gasteiger partial charge >= 0.3 is 5.97 Å². The molecule has 28 heavy (non-hydrogen) atoms. The average molecular weight is 375 g/mol. The lowest BCUT2D eigenvalue weighted by molar-refractivity contribution is 0.0600. The molecule has 1 heterocycles. The van der Waals surface area contributed by atoms with Crippen molar-refractivity contribution < 1.29 is 14.6 Å². The van der Waals surface area contributed by atoms with Crippen molar-refractivity contribution in [2.75, 3.05) is 12.4 Å². The largest absolute Gasteiger partial charge is 0.506 e. The summed E-state index contributed by atoms with van der Waals surface area (Å²) in [5.74, 6) is -0.0673. The van der Waals surface area contributed by atoms with Gasteiger partial charge in [-0.1, -0.05) is 12.1 Å². The minimum Gasteiger partial charge on any atom is -0.506 e. The van der Waals surface area contributed by atoms with E-state index in [0.29, 0.717) is 11.5 Å². The fourth-order valence-corrected chi connectivity index (χ4v) is 3.47. The number of anilines is 2. The quantitative estimate of drug-likeness (QED) is 0.524. The molecule has 142 valence electrons. The van der Waals surface area contributed by atoms with Gasteiger partial charge < -0.3 is 15.2 Å². The second-order valence-corrected chi connectivity index (χ2v) is 6.84. The van der Waals surface area contributed by atoms with Gasteiger partial charge in [0.2, 0.25) is 0 Å². The van der Waals surface area contributed by atoms with Crippen LogP contribution < -0.4 is 5.32 Å². The lowest BCUT2D eigenvalue weighted by Crippen LogP contribution is -2.03. The summed E-state index contributed by atoms with van der Waals surface area (Å²) >= 11 is 0. The second-order valence-electron chi connectivity index (χ2n) is 6.84. The Hall–Kier alpha value is -3.41. The molecule has 6 heteroatoms. The molecule has 0 saturated carbocycles. The van der Waals surface area contributed by atoms with E-state index in [4.69, 9.17) is 0 Å². The van der Waals surface area contributed by atoms with Gasteiger partial charge in [-0.3, -0.25) is 0 Å². The van der Waals surface area contributed by atoms with Crippen LogP contribution in [0.15, 0.2) is 48.5 Å². The zero-order valence-corrected chi connectivity index (χ0v) is 15.6. The summed E-state index contributed by atoms with van der Waals surface area (Å²) in [5, 5.41) is 21.7. The number of phenolic OH excluding ortho intramolecular Hbond substituents is 1. The summed E-state index contributed by atoms with van der Waals surface area (Å²) in [5.41, 5.74) is 5.42. The molecule has 1 aliphatic carbocycles. The average Bonchev–Trinajstić information content (AvgIpc) is 2.74. The van der Waals surface area contributed by atoms with Crippen LogP contribution in [0.5, 0.6) is 5.75 Å². The van der Waals surface area contributed by atoms with E-state index in [1.807, 2.05) is 12.1 Å². The summed E-state index contributed by atoms with van der Waals surface area (Å²) in [4.78, 5) is 11.5. The molecule has 1 aromatic heterocycles. The Morgan fingerprint density at radius 3 is 2.54 bits per heavy atom. The van der Waals surface area contributed by atoms with Crippen molar-refractivity contribution >= 4 is 17.5 Å². The molecule has 0 saturated heterocycles. The van der Waals surface area contributed by atoms with Gasteiger partial charge in [0.1, 0.15) is 5.75 Å². The zero-order valence-electron chi connectivity index (χ0n) is 15.6. The molecular weight excluding hydrogens is 354 g/mol. The fraction of sp³-hybridized carbons (Fsp3) is 0.227. The SMILES string of the molecule is COC(=O)c1ccc(Nc2ccc(-c3ccc4c(c3)CCCC4)nn2)c(O)c1. The highest BCUT2D eigenvalue weighted by atomic mass is 16.5. The molecule has 6 nitrogen and oxygen atoms in total. The predicted octanol–water partition coefficient (Wildman–Crippen LogP) is 4.26. The number of esters is 1. The number of phenols is 1. The normalized spacial score (nSPS) is 12.9. The van der Waals surface area contributed by atoms with Crippen molar-refractivity contribution in [2.24, 2.45) is 0 Å². The van der Waals surface area contributed by atoms with Crippen molar-refractivity contribution in [3.05, 3.63) is 65.2 Å². The smallest absolute Gasteiger partial charge is 0.337 e. The number of carbonyl (C=O) groups excluding carboxylic acids is 1. The first kappa shape index (κ1) is 18.0. The Morgan fingerprint density at radius 2 is 1.82 bits per heavy atom. The first-order chi connectivity index (χ1) is 13.6. The number of aryl methyl sites for hydroxylation is 2. The van der Waals surface area contributed by atoms with Crippen LogP contribution in [0.2, 0.25) is 0 Å². The minimum atomic E-state index is -0.504. The van der Waals surface area contributed by atoms with Crippen LogP contribution in [0.4, 0.5) is 11.5 Å². The maximum atomic E-state index is 11.5. The van der Waals surface area contributed by atoms with Gasteiger partial charge in [-0.25, -0.2) is 4.79 Å². The van der Waals surface area contributed by atoms with Crippen molar-refractivity contribution in [3.8, 4) is 17.0 Å². The topological polar surface area (TPSA) is 84.3 Å². The Morgan fingerprint density at radius 1 is 1.00 bits per heavy atom. The van der Waals surface area contributed by atoms with Crippen LogP contribution in [0.25, 0.3) is 11.3 Å². The van der Waals surface area contributed by atoms with E-state index < -0.39 is 5.97 Å². The molecule has 0 spiro atoms. The minimum absolute atomic E-state index is 0.0662. The maximum Gasteiger partial charge on any atom is 0.337 e. The van der Waals surface area contributed by atoms with Crippen molar-refractivity contribution in [1.82, 2.24) is 10.2 Å². The van der Waals surface area contributed by atoms with Crippen LogP contribution >= 0.6 is 0 Å². The number of nitrogens with zero attached hydrogens (tertiary/aromatic N) is 2. The molecular formula is C22H21N3O3. The molecule has 0 aliphatic heterocycles. The highest BCUT2D eigenvalue weighted by Gasteiger charge is 2.12. The van der Waals surface area contributed by atoms with Crippen LogP contribution in [-0.4, -0.2) is 28.4 Å². The molecule has 0 atom stereocenters. The summed E-state index contributed by atoms with van der Waals surface area (Å²) < 4.78 is 4.65. The number of aromatic hydroxyl groups is 1. The van der Waals surface area contributed by atoms with E-state index in [0.717, 1.165) is 24.1 Å². The van der Waals surface area contributed by atoms with E-state index in [1.54, 1.807) is 12.1 Å². The molecule has 0 unspecified atom stereocenters. The standard InChI is InChI=1S/C22H21N3O3/c1-28-22(27)17-8-9-19(20(26)13-17)23-21-11-10-18(24-25-21)16-7-6-14-4-2-3-5-15(14)12-16/h6-13,26H,2-5H2,1H3,(H,23,25). The Balaban J connectivity index is 1.52. The van der Waals surface area contributed by atoms with Crippen LogP contribution in [0, 0.1) is 0 Å². The van der Waals surface area contributed by atoms with Crippen molar-refractivity contribution in [1.29, 1.82) is 0 Å². The number of hydrogen-bond acceptors (Lipinski definition) is 6. The predicted molar refractivity (Wildman–Crippen MR) is 107 cm³/mol. The van der Waals surface area contributed by atoms with E-state index in [2.05, 4.69) is 38.5 Å². The van der Waals surface area contributed by atoms with E-state index >= 15 is 0 Å². The summed E-state index contributed by atoms with van der Waals surface area (Å²) in [6, 6.07) is 14.7. The number of ether oxygens (including phenoxy) is 1.